The Balaban J connectivity index is 0.000000791. The zero-order valence-corrected chi connectivity index (χ0v) is 9.52. The molecule has 0 unspecified atom stereocenters. The van der Waals surface area contributed by atoms with E-state index in [0.717, 1.165) is 25.9 Å². The van der Waals surface area contributed by atoms with E-state index in [1.165, 1.54) is 0 Å². The molecule has 0 bridgehead atoms. The molecule has 4 heteroatoms. The van der Waals surface area contributed by atoms with E-state index in [1.807, 2.05) is 20.9 Å². The van der Waals surface area contributed by atoms with Crippen molar-refractivity contribution in [2.45, 2.75) is 26.7 Å². The van der Waals surface area contributed by atoms with Gasteiger partial charge in [0.1, 0.15) is 0 Å². The lowest BCUT2D eigenvalue weighted by Gasteiger charge is -2.21. The summed E-state index contributed by atoms with van der Waals surface area (Å²) in [6.45, 7) is 6.51. The maximum atomic E-state index is 11.4. The number of hydrogen-bond acceptors (Lipinski definition) is 3. The van der Waals surface area contributed by atoms with Crippen LogP contribution in [-0.2, 0) is 4.79 Å². The second-order valence-corrected chi connectivity index (χ2v) is 3.10. The van der Waals surface area contributed by atoms with Crippen LogP contribution in [0.2, 0.25) is 0 Å². The van der Waals surface area contributed by atoms with E-state index in [1.54, 1.807) is 0 Å². The van der Waals surface area contributed by atoms with Gasteiger partial charge in [-0.3, -0.25) is 4.79 Å². The van der Waals surface area contributed by atoms with E-state index in [-0.39, 0.29) is 11.8 Å². The fourth-order valence-electron chi connectivity index (χ4n) is 1.40. The van der Waals surface area contributed by atoms with Crippen molar-refractivity contribution in [1.29, 1.82) is 0 Å². The van der Waals surface area contributed by atoms with Gasteiger partial charge in [0.05, 0.1) is 6.67 Å². The summed E-state index contributed by atoms with van der Waals surface area (Å²) in [5.41, 5.74) is 0. The molecule has 0 aromatic heterocycles. The zero-order chi connectivity index (χ0) is 10.8. The summed E-state index contributed by atoms with van der Waals surface area (Å²) in [4.78, 5) is 11.4. The van der Waals surface area contributed by atoms with Gasteiger partial charge in [-0.2, -0.15) is 0 Å². The van der Waals surface area contributed by atoms with Crippen molar-refractivity contribution in [1.82, 2.24) is 16.0 Å². The fourth-order valence-corrected chi connectivity index (χ4v) is 1.40. The second-order valence-electron chi connectivity index (χ2n) is 3.10. The Morgan fingerprint density at radius 3 is 2.43 bits per heavy atom. The lowest BCUT2D eigenvalue weighted by atomic mass is 9.97. The molecule has 0 radical (unpaired) electrons. The smallest absolute Gasteiger partial charge is 0.224 e. The summed E-state index contributed by atoms with van der Waals surface area (Å²) in [6, 6.07) is 0. The molecule has 1 aliphatic heterocycles. The Kier molecular flexibility index (Phi) is 8.57. The molecule has 0 aromatic rings. The number of hydrogen-bond donors (Lipinski definition) is 3. The molecule has 0 spiro atoms. The van der Waals surface area contributed by atoms with Crippen molar-refractivity contribution in [3.63, 3.8) is 0 Å². The fraction of sp³-hybridized carbons (Fsp3) is 0.900. The molecule has 1 saturated heterocycles. The van der Waals surface area contributed by atoms with E-state index < -0.39 is 0 Å². The highest BCUT2D eigenvalue weighted by Crippen LogP contribution is 2.10. The molecule has 0 aliphatic carbocycles. The van der Waals surface area contributed by atoms with Gasteiger partial charge in [-0.15, -0.1) is 0 Å². The molecule has 3 N–H and O–H groups in total. The Morgan fingerprint density at radius 1 is 1.36 bits per heavy atom. The lowest BCUT2D eigenvalue weighted by molar-refractivity contribution is -0.125. The molecule has 0 saturated carbocycles. The third-order valence-electron chi connectivity index (χ3n) is 2.15. The predicted octanol–water partition coefficient (Wildman–Crippen LogP) is 0.305. The van der Waals surface area contributed by atoms with Crippen LogP contribution < -0.4 is 16.0 Å². The Hall–Kier alpha value is -0.610. The Bertz CT molecular complexity index is 144. The standard InChI is InChI=1S/C8H17N3O.C2H6/c1-9-6-11-8(12)7-2-4-10-5-3-7;1-2/h7,9-10H,2-6H2,1H3,(H,11,12);1-2H3. The van der Waals surface area contributed by atoms with Gasteiger partial charge in [0.25, 0.3) is 0 Å². The molecule has 0 atom stereocenters. The van der Waals surface area contributed by atoms with Crippen LogP contribution in [0.5, 0.6) is 0 Å². The lowest BCUT2D eigenvalue weighted by Crippen LogP contribution is -2.40. The minimum absolute atomic E-state index is 0.186. The second kappa shape index (κ2) is 8.97. The quantitative estimate of drug-likeness (QED) is 0.576. The van der Waals surface area contributed by atoms with Crippen LogP contribution in [0.15, 0.2) is 0 Å². The number of carbonyl (C=O) groups is 1. The largest absolute Gasteiger partial charge is 0.343 e. The molecular weight excluding hydrogens is 178 g/mol. The molecule has 0 aromatic carbocycles. The average Bonchev–Trinajstić information content (AvgIpc) is 2.30. The molecule has 1 fully saturated rings. The monoisotopic (exact) mass is 201 g/mol. The van der Waals surface area contributed by atoms with Crippen molar-refractivity contribution in [3.05, 3.63) is 0 Å². The molecule has 1 heterocycles. The van der Waals surface area contributed by atoms with Gasteiger partial charge in [0.2, 0.25) is 5.91 Å². The van der Waals surface area contributed by atoms with Crippen LogP contribution in [-0.4, -0.2) is 32.7 Å². The van der Waals surface area contributed by atoms with Gasteiger partial charge in [0.15, 0.2) is 0 Å². The van der Waals surface area contributed by atoms with Crippen LogP contribution in [0.4, 0.5) is 0 Å². The number of amides is 1. The zero-order valence-electron chi connectivity index (χ0n) is 9.52. The summed E-state index contributed by atoms with van der Waals surface area (Å²) < 4.78 is 0. The Labute approximate surface area is 86.8 Å². The third kappa shape index (κ3) is 5.19. The number of nitrogens with one attached hydrogen (secondary N) is 3. The van der Waals surface area contributed by atoms with Gasteiger partial charge in [-0.1, -0.05) is 13.8 Å². The van der Waals surface area contributed by atoms with Crippen molar-refractivity contribution in [2.75, 3.05) is 26.8 Å². The predicted molar refractivity (Wildman–Crippen MR) is 59.0 cm³/mol. The first kappa shape index (κ1) is 13.4. The molecule has 1 rings (SSSR count). The summed E-state index contributed by atoms with van der Waals surface area (Å²) in [5, 5.41) is 8.94. The van der Waals surface area contributed by atoms with Crippen LogP contribution in [0.1, 0.15) is 26.7 Å². The summed E-state index contributed by atoms with van der Waals surface area (Å²) in [6.07, 6.45) is 1.94. The summed E-state index contributed by atoms with van der Waals surface area (Å²) in [5.74, 6) is 0.408. The summed E-state index contributed by atoms with van der Waals surface area (Å²) in [7, 11) is 1.82. The first-order valence-corrected chi connectivity index (χ1v) is 5.47. The van der Waals surface area contributed by atoms with Crippen LogP contribution in [0.3, 0.4) is 0 Å². The highest BCUT2D eigenvalue weighted by molar-refractivity contribution is 5.78. The van der Waals surface area contributed by atoms with Crippen LogP contribution in [0, 0.1) is 5.92 Å². The number of carbonyl (C=O) groups excluding carboxylic acids is 1. The van der Waals surface area contributed by atoms with Gasteiger partial charge in [-0.25, -0.2) is 0 Å². The average molecular weight is 201 g/mol. The van der Waals surface area contributed by atoms with Crippen LogP contribution in [0.25, 0.3) is 0 Å². The highest BCUT2D eigenvalue weighted by atomic mass is 16.1. The SMILES string of the molecule is CC.CNCNC(=O)C1CCNCC1. The molecule has 14 heavy (non-hydrogen) atoms. The first-order valence-electron chi connectivity index (χ1n) is 5.47. The van der Waals surface area contributed by atoms with Gasteiger partial charge < -0.3 is 16.0 Å². The van der Waals surface area contributed by atoms with Crippen molar-refractivity contribution in [3.8, 4) is 0 Å². The van der Waals surface area contributed by atoms with Crippen molar-refractivity contribution in [2.24, 2.45) is 5.92 Å². The van der Waals surface area contributed by atoms with Gasteiger partial charge >= 0.3 is 0 Å². The van der Waals surface area contributed by atoms with E-state index in [0.29, 0.717) is 6.67 Å². The van der Waals surface area contributed by atoms with E-state index in [9.17, 15) is 4.79 Å². The number of piperidine rings is 1. The van der Waals surface area contributed by atoms with Crippen LogP contribution >= 0.6 is 0 Å². The van der Waals surface area contributed by atoms with Gasteiger partial charge in [0, 0.05) is 5.92 Å². The Morgan fingerprint density at radius 2 is 1.93 bits per heavy atom. The van der Waals surface area contributed by atoms with Crippen molar-refractivity contribution >= 4 is 5.91 Å². The van der Waals surface area contributed by atoms with E-state index >= 15 is 0 Å². The first-order chi connectivity index (χ1) is 6.84. The molecular formula is C10H23N3O. The maximum absolute atomic E-state index is 11.4. The van der Waals surface area contributed by atoms with Gasteiger partial charge in [-0.05, 0) is 33.0 Å². The third-order valence-corrected chi connectivity index (χ3v) is 2.15. The van der Waals surface area contributed by atoms with E-state index in [2.05, 4.69) is 16.0 Å². The minimum Gasteiger partial charge on any atom is -0.343 e. The molecule has 1 aliphatic rings. The molecule has 4 nitrogen and oxygen atoms in total. The maximum Gasteiger partial charge on any atom is 0.224 e. The van der Waals surface area contributed by atoms with E-state index in [4.69, 9.17) is 0 Å². The molecule has 84 valence electrons. The normalized spacial score (nSPS) is 16.8. The number of rotatable bonds is 3. The minimum atomic E-state index is 0.186. The molecule has 1 amide bonds. The topological polar surface area (TPSA) is 53.2 Å². The van der Waals surface area contributed by atoms with Crippen molar-refractivity contribution < 1.29 is 4.79 Å². The summed E-state index contributed by atoms with van der Waals surface area (Å²) >= 11 is 0. The highest BCUT2D eigenvalue weighted by Gasteiger charge is 2.19.